The highest BCUT2D eigenvalue weighted by Crippen LogP contribution is 2.34. The second kappa shape index (κ2) is 12.0. The van der Waals surface area contributed by atoms with Gasteiger partial charge in [-0.1, -0.05) is 30.3 Å². The Hall–Kier alpha value is -2.82. The first-order chi connectivity index (χ1) is 16.3. The molecule has 2 N–H and O–H groups in total. The Morgan fingerprint density at radius 2 is 1.38 bits per heavy atom. The third-order valence-corrected chi connectivity index (χ3v) is 6.29. The van der Waals surface area contributed by atoms with Crippen molar-refractivity contribution in [3.63, 3.8) is 0 Å². The van der Waals surface area contributed by atoms with E-state index in [-0.39, 0.29) is 24.7 Å². The van der Waals surface area contributed by atoms with E-state index in [9.17, 15) is 22.8 Å². The summed E-state index contributed by atoms with van der Waals surface area (Å²) in [7, 11) is 0. The summed E-state index contributed by atoms with van der Waals surface area (Å²) in [5.74, 6) is 0.114. The van der Waals surface area contributed by atoms with Gasteiger partial charge in [0.25, 0.3) is 0 Å². The molecule has 1 fully saturated rings. The predicted molar refractivity (Wildman–Crippen MR) is 129 cm³/mol. The number of carbonyl (C=O) groups excluding carboxylic acids is 2. The van der Waals surface area contributed by atoms with E-state index in [0.29, 0.717) is 26.2 Å². The summed E-state index contributed by atoms with van der Waals surface area (Å²) >= 11 is 1.59. The fourth-order valence-corrected chi connectivity index (χ4v) is 4.32. The minimum atomic E-state index is -4.54. The number of thioether (sulfide) groups is 1. The highest BCUT2D eigenvalue weighted by molar-refractivity contribution is 7.99. The number of hydrogen-bond donors (Lipinski definition) is 2. The smallest absolute Gasteiger partial charge is 0.324 e. The van der Waals surface area contributed by atoms with Crippen LogP contribution in [0.25, 0.3) is 0 Å². The summed E-state index contributed by atoms with van der Waals surface area (Å²) in [4.78, 5) is 29.7. The third kappa shape index (κ3) is 7.61. The van der Waals surface area contributed by atoms with Crippen LogP contribution in [0.2, 0.25) is 0 Å². The van der Waals surface area contributed by atoms with E-state index >= 15 is 0 Å². The van der Waals surface area contributed by atoms with Crippen molar-refractivity contribution in [1.29, 1.82) is 0 Å². The summed E-state index contributed by atoms with van der Waals surface area (Å²) in [5, 5.41) is 5.32. The van der Waals surface area contributed by atoms with Crippen LogP contribution in [0, 0.1) is 0 Å². The van der Waals surface area contributed by atoms with Crippen molar-refractivity contribution in [2.75, 3.05) is 55.7 Å². The molecule has 1 heterocycles. The number of carbonyl (C=O) groups is 2. The molecule has 0 radical (unpaired) electrons. The van der Waals surface area contributed by atoms with Crippen LogP contribution in [-0.2, 0) is 15.8 Å². The topological polar surface area (TPSA) is 64.7 Å². The van der Waals surface area contributed by atoms with E-state index in [1.165, 1.54) is 18.2 Å². The number of para-hydroxylation sites is 2. The number of nitrogens with one attached hydrogen (secondary N) is 2. The number of benzene rings is 2. The minimum absolute atomic E-state index is 0.0138. The number of amides is 2. The van der Waals surface area contributed by atoms with E-state index < -0.39 is 17.6 Å². The van der Waals surface area contributed by atoms with Crippen molar-refractivity contribution in [1.82, 2.24) is 9.80 Å². The van der Waals surface area contributed by atoms with Crippen LogP contribution in [0.4, 0.5) is 24.5 Å². The number of alkyl halides is 3. The molecule has 182 valence electrons. The lowest BCUT2D eigenvalue weighted by molar-refractivity contribution is -0.137. The molecule has 1 aliphatic rings. The van der Waals surface area contributed by atoms with Gasteiger partial charge < -0.3 is 10.6 Å². The first-order valence-corrected chi connectivity index (χ1v) is 11.8. The Labute approximate surface area is 201 Å². The molecule has 0 bridgehead atoms. The van der Waals surface area contributed by atoms with Gasteiger partial charge >= 0.3 is 6.18 Å². The SMILES string of the molecule is C=CCSc1ccccc1NC(=O)CN1CCN(CC(=O)Nc2ccccc2C(F)(F)F)CC1. The predicted octanol–water partition coefficient (Wildman–Crippen LogP) is 4.18. The molecule has 6 nitrogen and oxygen atoms in total. The van der Waals surface area contributed by atoms with Crippen LogP contribution < -0.4 is 10.6 Å². The van der Waals surface area contributed by atoms with Crippen molar-refractivity contribution in [3.8, 4) is 0 Å². The quantitative estimate of drug-likeness (QED) is 0.406. The Balaban J connectivity index is 1.45. The van der Waals surface area contributed by atoms with Gasteiger partial charge in [-0.05, 0) is 24.3 Å². The summed E-state index contributed by atoms with van der Waals surface area (Å²) in [6, 6.07) is 12.5. The summed E-state index contributed by atoms with van der Waals surface area (Å²) in [5.41, 5.74) is -0.362. The third-order valence-electron chi connectivity index (χ3n) is 5.22. The summed E-state index contributed by atoms with van der Waals surface area (Å²) in [6.07, 6.45) is -2.74. The van der Waals surface area contributed by atoms with Crippen molar-refractivity contribution < 1.29 is 22.8 Å². The van der Waals surface area contributed by atoms with Crippen LogP contribution in [0.5, 0.6) is 0 Å². The van der Waals surface area contributed by atoms with Crippen LogP contribution in [-0.4, -0.2) is 66.6 Å². The highest BCUT2D eigenvalue weighted by Gasteiger charge is 2.33. The molecule has 0 aliphatic carbocycles. The lowest BCUT2D eigenvalue weighted by Crippen LogP contribution is -2.50. The molecule has 2 aromatic carbocycles. The van der Waals surface area contributed by atoms with Crippen molar-refractivity contribution >= 4 is 35.0 Å². The molecular formula is C24H27F3N4O2S. The molecular weight excluding hydrogens is 465 g/mol. The maximum atomic E-state index is 13.1. The number of anilines is 2. The zero-order chi connectivity index (χ0) is 24.6. The summed E-state index contributed by atoms with van der Waals surface area (Å²) < 4.78 is 39.3. The average Bonchev–Trinajstić information content (AvgIpc) is 2.79. The number of halogens is 3. The molecule has 0 atom stereocenters. The second-order valence-corrected chi connectivity index (χ2v) is 8.85. The number of hydrogen-bond acceptors (Lipinski definition) is 5. The van der Waals surface area contributed by atoms with E-state index in [2.05, 4.69) is 17.2 Å². The van der Waals surface area contributed by atoms with Crippen LogP contribution in [0.3, 0.4) is 0 Å². The van der Waals surface area contributed by atoms with Crippen LogP contribution in [0.1, 0.15) is 5.56 Å². The van der Waals surface area contributed by atoms with E-state index in [4.69, 9.17) is 0 Å². The van der Waals surface area contributed by atoms with Gasteiger partial charge in [-0.25, -0.2) is 0 Å². The maximum absolute atomic E-state index is 13.1. The molecule has 2 aromatic rings. The van der Waals surface area contributed by atoms with Gasteiger partial charge in [-0.15, -0.1) is 18.3 Å². The largest absolute Gasteiger partial charge is 0.418 e. The van der Waals surface area contributed by atoms with Gasteiger partial charge in [0.15, 0.2) is 0 Å². The van der Waals surface area contributed by atoms with Crippen molar-refractivity contribution in [2.45, 2.75) is 11.1 Å². The van der Waals surface area contributed by atoms with Crippen molar-refractivity contribution in [2.24, 2.45) is 0 Å². The van der Waals surface area contributed by atoms with Gasteiger partial charge in [-0.3, -0.25) is 19.4 Å². The zero-order valence-electron chi connectivity index (χ0n) is 18.6. The molecule has 1 aliphatic heterocycles. The average molecular weight is 493 g/mol. The van der Waals surface area contributed by atoms with Crippen LogP contribution in [0.15, 0.2) is 66.1 Å². The zero-order valence-corrected chi connectivity index (χ0v) is 19.4. The fraction of sp³-hybridized carbons (Fsp3) is 0.333. The standard InChI is InChI=1S/C24H27F3N4O2S/c1-2-15-34-21-10-6-5-9-20(21)29-23(33)17-31-13-11-30(12-14-31)16-22(32)28-19-8-4-3-7-18(19)24(25,26)27/h2-10H,1,11-17H2,(H,28,32)(H,29,33). The molecule has 0 unspecified atom stereocenters. The van der Waals surface area contributed by atoms with E-state index in [0.717, 1.165) is 22.4 Å². The Kier molecular flexibility index (Phi) is 9.14. The van der Waals surface area contributed by atoms with Gasteiger partial charge in [-0.2, -0.15) is 13.2 Å². The van der Waals surface area contributed by atoms with Gasteiger partial charge in [0, 0.05) is 36.8 Å². The van der Waals surface area contributed by atoms with E-state index in [1.807, 2.05) is 34.1 Å². The molecule has 0 aromatic heterocycles. The first-order valence-electron chi connectivity index (χ1n) is 10.8. The minimum Gasteiger partial charge on any atom is -0.324 e. The fourth-order valence-electron chi connectivity index (χ4n) is 3.57. The maximum Gasteiger partial charge on any atom is 0.418 e. The molecule has 0 saturated carbocycles. The van der Waals surface area contributed by atoms with Gasteiger partial charge in [0.2, 0.25) is 11.8 Å². The lowest BCUT2D eigenvalue weighted by Gasteiger charge is -2.33. The second-order valence-electron chi connectivity index (χ2n) is 7.79. The van der Waals surface area contributed by atoms with Gasteiger partial charge in [0.05, 0.1) is 30.0 Å². The Morgan fingerprint density at radius 3 is 1.94 bits per heavy atom. The Morgan fingerprint density at radius 1 is 0.882 bits per heavy atom. The molecule has 10 heteroatoms. The monoisotopic (exact) mass is 492 g/mol. The molecule has 1 saturated heterocycles. The molecule has 34 heavy (non-hydrogen) atoms. The van der Waals surface area contributed by atoms with Crippen molar-refractivity contribution in [3.05, 3.63) is 66.7 Å². The first kappa shape index (κ1) is 25.8. The van der Waals surface area contributed by atoms with Gasteiger partial charge in [0.1, 0.15) is 0 Å². The molecule has 0 spiro atoms. The number of piperazine rings is 1. The Bertz CT molecular complexity index is 1010. The molecule has 2 amide bonds. The number of rotatable bonds is 9. The number of nitrogens with zero attached hydrogens (tertiary/aromatic N) is 2. The summed E-state index contributed by atoms with van der Waals surface area (Å²) in [6.45, 7) is 6.14. The normalized spacial score (nSPS) is 15.0. The highest BCUT2D eigenvalue weighted by atomic mass is 32.2. The molecule has 3 rings (SSSR count). The lowest BCUT2D eigenvalue weighted by atomic mass is 10.1. The van der Waals surface area contributed by atoms with E-state index in [1.54, 1.807) is 17.8 Å². The van der Waals surface area contributed by atoms with Crippen LogP contribution >= 0.6 is 11.8 Å².